The molecule has 0 spiro atoms. The van der Waals surface area contributed by atoms with E-state index in [1.165, 1.54) is 12.8 Å². The third-order valence-corrected chi connectivity index (χ3v) is 3.33. The van der Waals surface area contributed by atoms with Crippen LogP contribution in [0.1, 0.15) is 39.5 Å². The van der Waals surface area contributed by atoms with Gasteiger partial charge in [0.1, 0.15) is 0 Å². The predicted molar refractivity (Wildman–Crippen MR) is 75.6 cm³/mol. The number of carbonyl (C=O) groups is 1. The topological polar surface area (TPSA) is 44.4 Å². The minimum absolute atomic E-state index is 0.182. The third-order valence-electron chi connectivity index (χ3n) is 3.33. The van der Waals surface area contributed by atoms with Crippen LogP contribution in [0.25, 0.3) is 0 Å². The lowest BCUT2D eigenvalue weighted by Crippen LogP contribution is -2.39. The van der Waals surface area contributed by atoms with Gasteiger partial charge in [-0.15, -0.1) is 0 Å². The second kappa shape index (κ2) is 9.34. The number of hydrogen-bond donors (Lipinski definition) is 2. The Morgan fingerprint density at radius 2 is 2.11 bits per heavy atom. The van der Waals surface area contributed by atoms with Crippen molar-refractivity contribution in [3.8, 4) is 0 Å². The summed E-state index contributed by atoms with van der Waals surface area (Å²) in [6.07, 6.45) is 4.71. The quantitative estimate of drug-likeness (QED) is 0.672. The van der Waals surface area contributed by atoms with Crippen LogP contribution in [0.4, 0.5) is 0 Å². The molecule has 1 aliphatic rings. The Hall–Kier alpha value is -0.610. The van der Waals surface area contributed by atoms with Crippen LogP contribution in [0.3, 0.4) is 0 Å². The average molecular weight is 255 g/mol. The summed E-state index contributed by atoms with van der Waals surface area (Å²) in [5.74, 6) is 0.951. The van der Waals surface area contributed by atoms with Crippen LogP contribution in [-0.2, 0) is 4.79 Å². The van der Waals surface area contributed by atoms with E-state index in [0.29, 0.717) is 6.54 Å². The highest BCUT2D eigenvalue weighted by Crippen LogP contribution is 2.05. The second-order valence-electron chi connectivity index (χ2n) is 5.62. The van der Waals surface area contributed by atoms with Gasteiger partial charge in [-0.3, -0.25) is 9.69 Å². The second-order valence-corrected chi connectivity index (χ2v) is 5.62. The van der Waals surface area contributed by atoms with Crippen molar-refractivity contribution in [1.29, 1.82) is 0 Å². The Balaban J connectivity index is 2.02. The molecular formula is C14H29N3O. The lowest BCUT2D eigenvalue weighted by atomic mass is 10.1. The predicted octanol–water partition coefficient (Wildman–Crippen LogP) is 1.22. The van der Waals surface area contributed by atoms with Crippen LogP contribution in [0.15, 0.2) is 0 Å². The first-order chi connectivity index (χ1) is 8.68. The summed E-state index contributed by atoms with van der Waals surface area (Å²) in [5, 5.41) is 6.37. The molecule has 0 unspecified atom stereocenters. The molecule has 2 N–H and O–H groups in total. The van der Waals surface area contributed by atoms with Crippen molar-refractivity contribution >= 4 is 5.91 Å². The van der Waals surface area contributed by atoms with Crippen molar-refractivity contribution < 1.29 is 4.79 Å². The van der Waals surface area contributed by atoms with Crippen molar-refractivity contribution in [3.63, 3.8) is 0 Å². The van der Waals surface area contributed by atoms with E-state index in [1.807, 2.05) is 0 Å². The summed E-state index contributed by atoms with van der Waals surface area (Å²) in [6.45, 7) is 9.98. The monoisotopic (exact) mass is 255 g/mol. The Morgan fingerprint density at radius 3 is 2.89 bits per heavy atom. The van der Waals surface area contributed by atoms with E-state index in [4.69, 9.17) is 0 Å². The van der Waals surface area contributed by atoms with Crippen molar-refractivity contribution in [2.45, 2.75) is 39.5 Å². The van der Waals surface area contributed by atoms with Crippen molar-refractivity contribution in [3.05, 3.63) is 0 Å². The van der Waals surface area contributed by atoms with Crippen molar-refractivity contribution in [2.24, 2.45) is 5.92 Å². The molecule has 1 amide bonds. The Bertz CT molecular complexity index is 223. The normalized spacial score (nSPS) is 17.7. The number of carbonyl (C=O) groups excluding carboxylic acids is 1. The molecule has 1 aliphatic heterocycles. The minimum atomic E-state index is 0.182. The lowest BCUT2D eigenvalue weighted by molar-refractivity contribution is -0.122. The number of nitrogens with zero attached hydrogens (tertiary/aromatic N) is 1. The summed E-state index contributed by atoms with van der Waals surface area (Å²) < 4.78 is 0. The summed E-state index contributed by atoms with van der Waals surface area (Å²) in [6, 6.07) is 0. The van der Waals surface area contributed by atoms with Crippen LogP contribution in [0, 0.1) is 5.92 Å². The molecule has 0 aromatic rings. The number of amides is 1. The number of hydrogen-bond acceptors (Lipinski definition) is 3. The molecule has 0 bridgehead atoms. The molecule has 1 fully saturated rings. The summed E-state index contributed by atoms with van der Waals surface area (Å²) >= 11 is 0. The van der Waals surface area contributed by atoms with Gasteiger partial charge in [0.05, 0.1) is 6.54 Å². The SMILES string of the molecule is CC(C)CCCCNC(=O)CN1CCCNCC1. The standard InChI is InChI=1S/C14H29N3O/c1-13(2)6-3-4-8-16-14(18)12-17-10-5-7-15-9-11-17/h13,15H,3-12H2,1-2H3,(H,16,18). The molecule has 0 aliphatic carbocycles. The number of unbranched alkanes of at least 4 members (excludes halogenated alkanes) is 1. The average Bonchev–Trinajstić information content (AvgIpc) is 2.56. The van der Waals surface area contributed by atoms with Gasteiger partial charge in [0.2, 0.25) is 5.91 Å². The minimum Gasteiger partial charge on any atom is -0.355 e. The van der Waals surface area contributed by atoms with Crippen molar-refractivity contribution in [1.82, 2.24) is 15.5 Å². The Kier molecular flexibility index (Phi) is 8.01. The van der Waals surface area contributed by atoms with Gasteiger partial charge in [-0.2, -0.15) is 0 Å². The molecule has 0 aromatic carbocycles. The molecule has 4 nitrogen and oxygen atoms in total. The van der Waals surface area contributed by atoms with E-state index in [-0.39, 0.29) is 5.91 Å². The van der Waals surface area contributed by atoms with Crippen LogP contribution in [0.2, 0.25) is 0 Å². The maximum atomic E-state index is 11.7. The number of rotatable bonds is 7. The largest absolute Gasteiger partial charge is 0.355 e. The molecule has 1 saturated heterocycles. The first-order valence-corrected chi connectivity index (χ1v) is 7.38. The van der Waals surface area contributed by atoms with Crippen molar-refractivity contribution in [2.75, 3.05) is 39.3 Å². The van der Waals surface area contributed by atoms with Gasteiger partial charge in [-0.05, 0) is 31.8 Å². The molecule has 0 radical (unpaired) electrons. The van der Waals surface area contributed by atoms with Crippen LogP contribution < -0.4 is 10.6 Å². The molecule has 1 rings (SSSR count). The van der Waals surface area contributed by atoms with E-state index >= 15 is 0 Å². The van der Waals surface area contributed by atoms with Crippen LogP contribution in [0.5, 0.6) is 0 Å². The first-order valence-electron chi connectivity index (χ1n) is 7.38. The van der Waals surface area contributed by atoms with Gasteiger partial charge < -0.3 is 10.6 Å². The zero-order valence-corrected chi connectivity index (χ0v) is 12.0. The highest BCUT2D eigenvalue weighted by atomic mass is 16.2. The summed E-state index contributed by atoms with van der Waals surface area (Å²) in [5.41, 5.74) is 0. The summed E-state index contributed by atoms with van der Waals surface area (Å²) in [4.78, 5) is 14.0. The molecule has 0 saturated carbocycles. The lowest BCUT2D eigenvalue weighted by Gasteiger charge is -2.18. The smallest absolute Gasteiger partial charge is 0.234 e. The van der Waals surface area contributed by atoms with Gasteiger partial charge in [0, 0.05) is 19.6 Å². The van der Waals surface area contributed by atoms with Crippen LogP contribution in [-0.4, -0.2) is 50.1 Å². The zero-order chi connectivity index (χ0) is 13.2. The van der Waals surface area contributed by atoms with E-state index in [0.717, 1.165) is 51.5 Å². The highest BCUT2D eigenvalue weighted by Gasteiger charge is 2.11. The molecule has 0 atom stereocenters. The Labute approximate surface area is 111 Å². The fourth-order valence-corrected chi connectivity index (χ4v) is 2.22. The first kappa shape index (κ1) is 15.4. The molecule has 106 valence electrons. The van der Waals surface area contributed by atoms with Gasteiger partial charge in [0.25, 0.3) is 0 Å². The van der Waals surface area contributed by atoms with Gasteiger partial charge in [-0.25, -0.2) is 0 Å². The van der Waals surface area contributed by atoms with E-state index in [9.17, 15) is 4.79 Å². The maximum absolute atomic E-state index is 11.7. The Morgan fingerprint density at radius 1 is 1.28 bits per heavy atom. The van der Waals surface area contributed by atoms with E-state index in [2.05, 4.69) is 29.4 Å². The van der Waals surface area contributed by atoms with Gasteiger partial charge >= 0.3 is 0 Å². The fourth-order valence-electron chi connectivity index (χ4n) is 2.22. The summed E-state index contributed by atoms with van der Waals surface area (Å²) in [7, 11) is 0. The maximum Gasteiger partial charge on any atom is 0.234 e. The zero-order valence-electron chi connectivity index (χ0n) is 12.0. The van der Waals surface area contributed by atoms with E-state index < -0.39 is 0 Å². The van der Waals surface area contributed by atoms with E-state index in [1.54, 1.807) is 0 Å². The molecule has 4 heteroatoms. The third kappa shape index (κ3) is 7.67. The molecule has 1 heterocycles. The molecule has 0 aromatic heterocycles. The highest BCUT2D eigenvalue weighted by molar-refractivity contribution is 5.77. The molecular weight excluding hydrogens is 226 g/mol. The van der Waals surface area contributed by atoms with Gasteiger partial charge in [0.15, 0.2) is 0 Å². The van der Waals surface area contributed by atoms with Gasteiger partial charge in [-0.1, -0.05) is 26.7 Å². The fraction of sp³-hybridized carbons (Fsp3) is 0.929. The van der Waals surface area contributed by atoms with Crippen LogP contribution >= 0.6 is 0 Å². The molecule has 18 heavy (non-hydrogen) atoms. The number of nitrogens with one attached hydrogen (secondary N) is 2.